The molecule has 1 rings (SSSR count). The van der Waals surface area contributed by atoms with E-state index in [0.717, 1.165) is 6.07 Å². The van der Waals surface area contributed by atoms with Crippen molar-refractivity contribution in [2.24, 2.45) is 5.92 Å². The summed E-state index contributed by atoms with van der Waals surface area (Å²) >= 11 is 0. The molecule has 0 spiro atoms. The zero-order valence-electron chi connectivity index (χ0n) is 13.4. The molecule has 5 nitrogen and oxygen atoms in total. The fourth-order valence-electron chi connectivity index (χ4n) is 2.06. The van der Waals surface area contributed by atoms with Gasteiger partial charge in [0.25, 0.3) is 0 Å². The molecular weight excluding hydrogens is 289 g/mol. The summed E-state index contributed by atoms with van der Waals surface area (Å²) in [7, 11) is 0. The molecule has 1 atom stereocenters. The van der Waals surface area contributed by atoms with E-state index in [4.69, 9.17) is 4.74 Å². The third-order valence-corrected chi connectivity index (χ3v) is 2.91. The van der Waals surface area contributed by atoms with Gasteiger partial charge in [-0.15, -0.1) is 0 Å². The number of carbonyl (C=O) groups is 2. The van der Waals surface area contributed by atoms with Crippen LogP contribution in [-0.2, 0) is 9.53 Å². The van der Waals surface area contributed by atoms with E-state index < -0.39 is 29.4 Å². The van der Waals surface area contributed by atoms with Crippen molar-refractivity contribution < 1.29 is 23.8 Å². The van der Waals surface area contributed by atoms with E-state index in [0.29, 0.717) is 0 Å². The molecule has 1 aromatic rings. The number of anilines is 1. The van der Waals surface area contributed by atoms with Gasteiger partial charge < -0.3 is 9.84 Å². The van der Waals surface area contributed by atoms with E-state index in [2.05, 4.69) is 5.32 Å². The van der Waals surface area contributed by atoms with Crippen LogP contribution in [-0.4, -0.2) is 22.8 Å². The van der Waals surface area contributed by atoms with Crippen LogP contribution in [0.4, 0.5) is 14.9 Å². The Bertz CT molecular complexity index is 564. The molecule has 0 saturated carbocycles. The number of carboxylic acids is 1. The van der Waals surface area contributed by atoms with Crippen LogP contribution < -0.4 is 5.32 Å². The summed E-state index contributed by atoms with van der Waals surface area (Å²) in [5, 5.41) is 11.7. The van der Waals surface area contributed by atoms with Gasteiger partial charge in [0, 0.05) is 11.3 Å². The number of carbonyl (C=O) groups excluding carboxylic acids is 1. The molecule has 0 bridgehead atoms. The molecule has 0 aliphatic rings. The Hall–Kier alpha value is -2.11. The van der Waals surface area contributed by atoms with E-state index in [1.165, 1.54) is 12.1 Å². The van der Waals surface area contributed by atoms with Crippen LogP contribution in [0.1, 0.15) is 46.1 Å². The maximum Gasteiger partial charge on any atom is 0.412 e. The van der Waals surface area contributed by atoms with Gasteiger partial charge in [-0.1, -0.05) is 13.8 Å². The SMILES string of the molecule is CC(C)C(C(=O)O)c1cc(NC(=O)OC(C)(C)C)ccc1F. The topological polar surface area (TPSA) is 75.6 Å². The van der Waals surface area contributed by atoms with E-state index in [9.17, 15) is 19.1 Å². The summed E-state index contributed by atoms with van der Waals surface area (Å²) in [6.45, 7) is 8.57. The maximum atomic E-state index is 13.9. The number of benzene rings is 1. The largest absolute Gasteiger partial charge is 0.481 e. The van der Waals surface area contributed by atoms with Crippen molar-refractivity contribution in [3.8, 4) is 0 Å². The minimum Gasteiger partial charge on any atom is -0.481 e. The molecule has 0 aliphatic carbocycles. The van der Waals surface area contributed by atoms with Crippen molar-refractivity contribution in [1.82, 2.24) is 0 Å². The van der Waals surface area contributed by atoms with Gasteiger partial charge >= 0.3 is 12.1 Å². The molecule has 22 heavy (non-hydrogen) atoms. The highest BCUT2D eigenvalue weighted by molar-refractivity contribution is 5.85. The molecule has 0 heterocycles. The minimum atomic E-state index is -1.11. The fourth-order valence-corrected chi connectivity index (χ4v) is 2.06. The average Bonchev–Trinajstić information content (AvgIpc) is 2.29. The molecule has 1 amide bonds. The molecule has 0 radical (unpaired) electrons. The van der Waals surface area contributed by atoms with Gasteiger partial charge in [-0.05, 0) is 44.9 Å². The average molecular weight is 311 g/mol. The van der Waals surface area contributed by atoms with Crippen LogP contribution in [0.3, 0.4) is 0 Å². The summed E-state index contributed by atoms with van der Waals surface area (Å²) in [5.74, 6) is -3.00. The van der Waals surface area contributed by atoms with E-state index in [1.807, 2.05) is 0 Å². The van der Waals surface area contributed by atoms with Crippen LogP contribution in [0, 0.1) is 11.7 Å². The lowest BCUT2D eigenvalue weighted by Crippen LogP contribution is -2.27. The first-order valence-corrected chi connectivity index (χ1v) is 7.03. The smallest absolute Gasteiger partial charge is 0.412 e. The number of aliphatic carboxylic acids is 1. The second kappa shape index (κ2) is 6.77. The molecule has 122 valence electrons. The zero-order valence-corrected chi connectivity index (χ0v) is 13.4. The molecule has 2 N–H and O–H groups in total. The van der Waals surface area contributed by atoms with Crippen molar-refractivity contribution in [3.63, 3.8) is 0 Å². The zero-order chi connectivity index (χ0) is 17.1. The summed E-state index contributed by atoms with van der Waals surface area (Å²) in [5.41, 5.74) is -0.331. The molecule has 0 fully saturated rings. The third-order valence-electron chi connectivity index (χ3n) is 2.91. The van der Waals surface area contributed by atoms with Crippen molar-refractivity contribution in [2.75, 3.05) is 5.32 Å². The Morgan fingerprint density at radius 1 is 1.27 bits per heavy atom. The maximum absolute atomic E-state index is 13.9. The van der Waals surface area contributed by atoms with Gasteiger partial charge in [-0.3, -0.25) is 10.1 Å². The number of ether oxygens (including phenoxy) is 1. The van der Waals surface area contributed by atoms with E-state index in [-0.39, 0.29) is 17.2 Å². The molecule has 0 saturated heterocycles. The Labute approximate surface area is 129 Å². The van der Waals surface area contributed by atoms with Crippen LogP contribution >= 0.6 is 0 Å². The first kappa shape index (κ1) is 17.9. The van der Waals surface area contributed by atoms with Crippen LogP contribution in [0.25, 0.3) is 0 Å². The number of rotatable bonds is 4. The van der Waals surface area contributed by atoms with Gasteiger partial charge in [0.2, 0.25) is 0 Å². The van der Waals surface area contributed by atoms with Crippen molar-refractivity contribution >= 4 is 17.7 Å². The van der Waals surface area contributed by atoms with Crippen molar-refractivity contribution in [1.29, 1.82) is 0 Å². The van der Waals surface area contributed by atoms with Crippen LogP contribution in [0.2, 0.25) is 0 Å². The third kappa shape index (κ3) is 5.02. The fraction of sp³-hybridized carbons (Fsp3) is 0.500. The number of hydrogen-bond donors (Lipinski definition) is 2. The van der Waals surface area contributed by atoms with E-state index in [1.54, 1.807) is 34.6 Å². The summed E-state index contributed by atoms with van der Waals surface area (Å²) < 4.78 is 19.0. The molecular formula is C16H22FNO4. The number of nitrogens with one attached hydrogen (secondary N) is 1. The quantitative estimate of drug-likeness (QED) is 0.881. The van der Waals surface area contributed by atoms with Gasteiger partial charge in [-0.25, -0.2) is 9.18 Å². The lowest BCUT2D eigenvalue weighted by Gasteiger charge is -2.21. The Morgan fingerprint density at radius 2 is 1.86 bits per heavy atom. The number of amides is 1. The van der Waals surface area contributed by atoms with Gasteiger partial charge in [0.1, 0.15) is 11.4 Å². The highest BCUT2D eigenvalue weighted by Gasteiger charge is 2.27. The molecule has 0 aliphatic heterocycles. The summed E-state index contributed by atoms with van der Waals surface area (Å²) in [6.07, 6.45) is -0.679. The highest BCUT2D eigenvalue weighted by Crippen LogP contribution is 2.29. The monoisotopic (exact) mass is 311 g/mol. The highest BCUT2D eigenvalue weighted by atomic mass is 19.1. The number of halogens is 1. The standard InChI is InChI=1S/C16H22FNO4/c1-9(2)13(14(19)20)11-8-10(6-7-12(11)17)18-15(21)22-16(3,4)5/h6-9,13H,1-5H3,(H,18,21)(H,19,20). The number of carboxylic acid groups (broad SMARTS) is 1. The molecule has 1 aromatic carbocycles. The Balaban J connectivity index is 3.04. The molecule has 1 unspecified atom stereocenters. The van der Waals surface area contributed by atoms with Crippen molar-refractivity contribution in [3.05, 3.63) is 29.6 Å². The van der Waals surface area contributed by atoms with Gasteiger partial charge in [0.15, 0.2) is 0 Å². The Kier molecular flexibility index (Phi) is 5.52. The second-order valence-corrected chi connectivity index (χ2v) is 6.42. The Morgan fingerprint density at radius 3 is 2.32 bits per heavy atom. The lowest BCUT2D eigenvalue weighted by molar-refractivity contribution is -0.139. The normalized spacial score (nSPS) is 12.9. The predicted molar refractivity (Wildman–Crippen MR) is 81.5 cm³/mol. The van der Waals surface area contributed by atoms with Crippen LogP contribution in [0.15, 0.2) is 18.2 Å². The summed E-state index contributed by atoms with van der Waals surface area (Å²) in [4.78, 5) is 23.1. The number of hydrogen-bond acceptors (Lipinski definition) is 3. The van der Waals surface area contributed by atoms with Crippen molar-refractivity contribution in [2.45, 2.75) is 46.1 Å². The lowest BCUT2D eigenvalue weighted by atomic mass is 9.88. The van der Waals surface area contributed by atoms with Gasteiger partial charge in [0.05, 0.1) is 5.92 Å². The first-order chi connectivity index (χ1) is 10.0. The first-order valence-electron chi connectivity index (χ1n) is 7.03. The van der Waals surface area contributed by atoms with Gasteiger partial charge in [-0.2, -0.15) is 0 Å². The second-order valence-electron chi connectivity index (χ2n) is 6.42. The van der Waals surface area contributed by atoms with Crippen LogP contribution in [0.5, 0.6) is 0 Å². The minimum absolute atomic E-state index is 0.0380. The molecule has 0 aromatic heterocycles. The molecule has 6 heteroatoms. The predicted octanol–water partition coefficient (Wildman–Crippen LogP) is 4.00. The summed E-state index contributed by atoms with van der Waals surface area (Å²) in [6, 6.07) is 3.83. The van der Waals surface area contributed by atoms with E-state index >= 15 is 0 Å².